The van der Waals surface area contributed by atoms with Gasteiger partial charge in [-0.3, -0.25) is 0 Å². The van der Waals surface area contributed by atoms with Crippen LogP contribution in [-0.4, -0.2) is 6.29 Å². The molecule has 1 nitrogen and oxygen atoms in total. The van der Waals surface area contributed by atoms with Gasteiger partial charge in [0.2, 0.25) is 0 Å². The molecule has 0 spiro atoms. The Balaban J connectivity index is 3.00. The van der Waals surface area contributed by atoms with Crippen molar-refractivity contribution in [1.82, 2.24) is 0 Å². The topological polar surface area (TPSA) is 17.1 Å². The highest BCUT2D eigenvalue weighted by Gasteiger charge is 2.20. The number of allylic oxidation sites excluding steroid dienone is 6. The number of carbonyl (C=O) groups excluding carboxylic acids is 1. The molecule has 2 atom stereocenters. The molecule has 0 fully saturated rings. The van der Waals surface area contributed by atoms with E-state index in [0.29, 0.717) is 11.8 Å². The molecule has 0 saturated heterocycles. The summed E-state index contributed by atoms with van der Waals surface area (Å²) in [5.74, 6) is 1.17. The lowest BCUT2D eigenvalue weighted by molar-refractivity contribution is -0.113. The summed E-state index contributed by atoms with van der Waals surface area (Å²) < 4.78 is 0. The van der Waals surface area contributed by atoms with Gasteiger partial charge in [0, 0.05) is 5.41 Å². The van der Waals surface area contributed by atoms with Gasteiger partial charge in [-0.25, -0.2) is 0 Å². The Hall–Kier alpha value is -1.11. The second-order valence-corrected chi connectivity index (χ2v) is 7.27. The third-order valence-corrected chi connectivity index (χ3v) is 4.64. The quantitative estimate of drug-likeness (QED) is 0.458. The van der Waals surface area contributed by atoms with Crippen LogP contribution in [0.2, 0.25) is 0 Å². The molecule has 0 saturated carbocycles. The maximum Gasteiger partial charge on any atom is 0.129 e. The molecule has 0 aromatic carbocycles. The fourth-order valence-electron chi connectivity index (χ4n) is 2.69. The summed E-state index contributed by atoms with van der Waals surface area (Å²) in [7, 11) is 0. The molecule has 0 aliphatic heterocycles. The van der Waals surface area contributed by atoms with Crippen molar-refractivity contribution in [2.75, 3.05) is 0 Å². The summed E-state index contributed by atoms with van der Waals surface area (Å²) in [4.78, 5) is 11.5. The molecule has 0 heterocycles. The van der Waals surface area contributed by atoms with E-state index >= 15 is 0 Å². The van der Waals surface area contributed by atoms with Gasteiger partial charge in [0.05, 0.1) is 0 Å². The highest BCUT2D eigenvalue weighted by Crippen LogP contribution is 2.28. The fourth-order valence-corrected chi connectivity index (χ4v) is 2.69. The molecule has 0 N–H and O–H groups in total. The van der Waals surface area contributed by atoms with Crippen LogP contribution in [0.15, 0.2) is 35.5 Å². The van der Waals surface area contributed by atoms with E-state index in [-0.39, 0.29) is 5.41 Å². The smallest absolute Gasteiger partial charge is 0.129 e. The average Bonchev–Trinajstić information content (AvgIpc) is 2.45. The monoisotopic (exact) mass is 288 g/mol. The van der Waals surface area contributed by atoms with E-state index in [9.17, 15) is 4.79 Å². The number of aldehydes is 1. The van der Waals surface area contributed by atoms with Crippen LogP contribution < -0.4 is 0 Å². The number of hydrogen-bond donors (Lipinski definition) is 0. The van der Waals surface area contributed by atoms with Gasteiger partial charge in [-0.05, 0) is 64.7 Å². The van der Waals surface area contributed by atoms with Crippen LogP contribution in [0.25, 0.3) is 0 Å². The van der Waals surface area contributed by atoms with Crippen LogP contribution in [0.5, 0.6) is 0 Å². The van der Waals surface area contributed by atoms with E-state index in [4.69, 9.17) is 0 Å². The fraction of sp³-hybridized carbons (Fsp3) is 0.650. The van der Waals surface area contributed by atoms with Crippen molar-refractivity contribution in [3.05, 3.63) is 35.5 Å². The lowest BCUT2D eigenvalue weighted by Crippen LogP contribution is -2.15. The molecule has 21 heavy (non-hydrogen) atoms. The normalized spacial score (nSPS) is 35.4. The van der Waals surface area contributed by atoms with Gasteiger partial charge >= 0.3 is 0 Å². The maximum atomic E-state index is 11.5. The summed E-state index contributed by atoms with van der Waals surface area (Å²) in [5, 5.41) is 0. The Bertz CT molecular complexity index is 425. The SMILES string of the molecule is C/C1=C\CC(C)(C=O)/C=C/C(C(C)C)CC/C(C)=C/CC1. The van der Waals surface area contributed by atoms with E-state index in [2.05, 4.69) is 52.0 Å². The third-order valence-electron chi connectivity index (χ3n) is 4.64. The van der Waals surface area contributed by atoms with Crippen molar-refractivity contribution < 1.29 is 4.79 Å². The standard InChI is InChI=1S/C20H32O/c1-16(2)19-10-9-17(3)7-6-8-18(4)11-13-20(5,15-21)14-12-19/h7,11-12,14-16,19H,6,8-10,13H2,1-5H3/b14-12+,17-7+,18-11+. The summed E-state index contributed by atoms with van der Waals surface area (Å²) in [5.41, 5.74) is 2.53. The first-order valence-electron chi connectivity index (χ1n) is 8.33. The van der Waals surface area contributed by atoms with Crippen molar-refractivity contribution in [3.8, 4) is 0 Å². The number of carbonyl (C=O) groups is 1. The van der Waals surface area contributed by atoms with Gasteiger partial charge < -0.3 is 4.79 Å². The van der Waals surface area contributed by atoms with Gasteiger partial charge in [-0.2, -0.15) is 0 Å². The van der Waals surface area contributed by atoms with Gasteiger partial charge in [0.1, 0.15) is 6.29 Å². The Morgan fingerprint density at radius 3 is 2.48 bits per heavy atom. The Kier molecular flexibility index (Phi) is 7.14. The van der Waals surface area contributed by atoms with E-state index in [0.717, 1.165) is 32.0 Å². The molecular formula is C20H32O. The van der Waals surface area contributed by atoms with Crippen LogP contribution in [0.1, 0.15) is 66.7 Å². The molecule has 0 aromatic rings. The molecule has 118 valence electrons. The summed E-state index contributed by atoms with van der Waals surface area (Å²) in [6.07, 6.45) is 15.5. The zero-order valence-electron chi connectivity index (χ0n) is 14.5. The Labute approximate surface area is 131 Å². The minimum Gasteiger partial charge on any atom is -0.302 e. The van der Waals surface area contributed by atoms with Crippen LogP contribution in [0, 0.1) is 17.3 Å². The molecule has 0 aromatic heterocycles. The van der Waals surface area contributed by atoms with Gasteiger partial charge in [-0.15, -0.1) is 0 Å². The molecule has 1 aliphatic carbocycles. The van der Waals surface area contributed by atoms with E-state index in [1.165, 1.54) is 17.6 Å². The van der Waals surface area contributed by atoms with Gasteiger partial charge in [-0.1, -0.05) is 49.3 Å². The van der Waals surface area contributed by atoms with Crippen LogP contribution in [0.3, 0.4) is 0 Å². The minimum absolute atomic E-state index is 0.356. The molecular weight excluding hydrogens is 256 g/mol. The predicted molar refractivity (Wildman–Crippen MR) is 92.2 cm³/mol. The molecule has 0 bridgehead atoms. The summed E-state index contributed by atoms with van der Waals surface area (Å²) in [6, 6.07) is 0. The molecule has 1 rings (SSSR count). The summed E-state index contributed by atoms with van der Waals surface area (Å²) >= 11 is 0. The second-order valence-electron chi connectivity index (χ2n) is 7.27. The predicted octanol–water partition coefficient (Wildman–Crippen LogP) is 5.88. The average molecular weight is 288 g/mol. The number of rotatable bonds is 2. The minimum atomic E-state index is -0.356. The summed E-state index contributed by atoms with van der Waals surface area (Å²) in [6.45, 7) is 11.0. The highest BCUT2D eigenvalue weighted by molar-refractivity contribution is 5.62. The zero-order chi connectivity index (χ0) is 15.9. The van der Waals surface area contributed by atoms with Crippen LogP contribution >= 0.6 is 0 Å². The lowest BCUT2D eigenvalue weighted by Gasteiger charge is -2.21. The second kappa shape index (κ2) is 8.36. The highest BCUT2D eigenvalue weighted by atomic mass is 16.1. The Morgan fingerprint density at radius 1 is 1.19 bits per heavy atom. The van der Waals surface area contributed by atoms with Crippen molar-refractivity contribution in [1.29, 1.82) is 0 Å². The van der Waals surface area contributed by atoms with Gasteiger partial charge in [0.15, 0.2) is 0 Å². The first-order chi connectivity index (χ1) is 9.86. The Morgan fingerprint density at radius 2 is 1.86 bits per heavy atom. The molecule has 0 radical (unpaired) electrons. The van der Waals surface area contributed by atoms with Crippen LogP contribution in [0.4, 0.5) is 0 Å². The van der Waals surface area contributed by atoms with Crippen molar-refractivity contribution >= 4 is 6.29 Å². The largest absolute Gasteiger partial charge is 0.302 e. The number of hydrogen-bond acceptors (Lipinski definition) is 1. The first kappa shape index (κ1) is 17.9. The van der Waals surface area contributed by atoms with Gasteiger partial charge in [0.25, 0.3) is 0 Å². The lowest BCUT2D eigenvalue weighted by atomic mass is 9.83. The molecule has 1 heteroatoms. The third kappa shape index (κ3) is 6.46. The zero-order valence-corrected chi connectivity index (χ0v) is 14.5. The molecule has 1 aliphatic rings. The maximum absolute atomic E-state index is 11.5. The van der Waals surface area contributed by atoms with E-state index in [1.807, 2.05) is 6.92 Å². The van der Waals surface area contributed by atoms with Crippen LogP contribution in [-0.2, 0) is 4.79 Å². The van der Waals surface area contributed by atoms with Crippen molar-refractivity contribution in [2.45, 2.75) is 66.7 Å². The van der Waals surface area contributed by atoms with E-state index < -0.39 is 0 Å². The molecule has 2 unspecified atom stereocenters. The first-order valence-corrected chi connectivity index (χ1v) is 8.33. The van der Waals surface area contributed by atoms with E-state index in [1.54, 1.807) is 0 Å². The molecule has 0 amide bonds. The van der Waals surface area contributed by atoms with Crippen molar-refractivity contribution in [2.24, 2.45) is 17.3 Å². The van der Waals surface area contributed by atoms with Crippen molar-refractivity contribution in [3.63, 3.8) is 0 Å².